The number of carbonyl (C=O) groups is 2. The molecule has 1 aromatic heterocycles. The standard InChI is InChI=1S/C20H23FN2O3S/c1-22(13-14-5-6-17(26-2)16(21)12-14)19(24)15-7-9-23(10-8-15)20(25)18-4-3-11-27-18/h3-6,11-12,15H,7-10,13H2,1-2H3. The smallest absolute Gasteiger partial charge is 0.263 e. The summed E-state index contributed by atoms with van der Waals surface area (Å²) in [5.41, 5.74) is 0.717. The molecular weight excluding hydrogens is 367 g/mol. The summed E-state index contributed by atoms with van der Waals surface area (Å²) >= 11 is 1.44. The fourth-order valence-electron chi connectivity index (χ4n) is 3.36. The van der Waals surface area contributed by atoms with E-state index < -0.39 is 5.82 Å². The Hall–Kier alpha value is -2.41. The van der Waals surface area contributed by atoms with E-state index in [0.717, 1.165) is 10.4 Å². The number of piperidine rings is 1. The first-order chi connectivity index (χ1) is 13.0. The lowest BCUT2D eigenvalue weighted by Gasteiger charge is -2.33. The van der Waals surface area contributed by atoms with Crippen molar-refractivity contribution in [1.82, 2.24) is 9.80 Å². The highest BCUT2D eigenvalue weighted by atomic mass is 32.1. The zero-order chi connectivity index (χ0) is 19.4. The van der Waals surface area contributed by atoms with Gasteiger partial charge in [-0.15, -0.1) is 11.3 Å². The first-order valence-electron chi connectivity index (χ1n) is 8.89. The summed E-state index contributed by atoms with van der Waals surface area (Å²) < 4.78 is 18.7. The average Bonchev–Trinajstić information content (AvgIpc) is 3.22. The van der Waals surface area contributed by atoms with E-state index in [1.807, 2.05) is 22.4 Å². The predicted octanol–water partition coefficient (Wildman–Crippen LogP) is 3.41. The molecule has 2 amide bonds. The molecule has 0 aliphatic carbocycles. The second-order valence-corrected chi connectivity index (χ2v) is 7.65. The van der Waals surface area contributed by atoms with Crippen LogP contribution in [-0.4, -0.2) is 48.9 Å². The van der Waals surface area contributed by atoms with Gasteiger partial charge in [0, 0.05) is 32.6 Å². The van der Waals surface area contributed by atoms with Crippen molar-refractivity contribution in [1.29, 1.82) is 0 Å². The first-order valence-corrected chi connectivity index (χ1v) is 9.77. The number of carbonyl (C=O) groups excluding carboxylic acids is 2. The first kappa shape index (κ1) is 19.4. The van der Waals surface area contributed by atoms with Crippen LogP contribution in [-0.2, 0) is 11.3 Å². The molecule has 0 saturated carbocycles. The Bertz CT molecular complexity index is 802. The second kappa shape index (κ2) is 8.52. The van der Waals surface area contributed by atoms with E-state index in [9.17, 15) is 14.0 Å². The average molecular weight is 390 g/mol. The van der Waals surface area contributed by atoms with E-state index in [-0.39, 0.29) is 23.5 Å². The summed E-state index contributed by atoms with van der Waals surface area (Å²) in [6, 6.07) is 8.41. The van der Waals surface area contributed by atoms with Gasteiger partial charge in [-0.1, -0.05) is 12.1 Å². The number of thiophene rings is 1. The van der Waals surface area contributed by atoms with Crippen LogP contribution in [0, 0.1) is 11.7 Å². The molecule has 5 nitrogen and oxygen atoms in total. The third-order valence-corrected chi connectivity index (χ3v) is 5.73. The van der Waals surface area contributed by atoms with Gasteiger partial charge in [-0.05, 0) is 42.0 Å². The quantitative estimate of drug-likeness (QED) is 0.786. The van der Waals surface area contributed by atoms with Gasteiger partial charge in [0.15, 0.2) is 11.6 Å². The molecule has 2 heterocycles. The summed E-state index contributed by atoms with van der Waals surface area (Å²) in [6.07, 6.45) is 1.30. The maximum Gasteiger partial charge on any atom is 0.263 e. The van der Waals surface area contributed by atoms with Crippen molar-refractivity contribution in [3.63, 3.8) is 0 Å². The van der Waals surface area contributed by atoms with E-state index in [0.29, 0.717) is 32.5 Å². The molecule has 144 valence electrons. The molecule has 2 aromatic rings. The predicted molar refractivity (Wildman–Crippen MR) is 102 cm³/mol. The van der Waals surface area contributed by atoms with Gasteiger partial charge >= 0.3 is 0 Å². The molecule has 7 heteroatoms. The Morgan fingerprint density at radius 1 is 1.30 bits per heavy atom. The molecule has 1 aliphatic heterocycles. The molecule has 27 heavy (non-hydrogen) atoms. The van der Waals surface area contributed by atoms with Crippen molar-refractivity contribution < 1.29 is 18.7 Å². The van der Waals surface area contributed by atoms with Crippen LogP contribution in [0.4, 0.5) is 4.39 Å². The Morgan fingerprint density at radius 3 is 2.63 bits per heavy atom. The van der Waals surface area contributed by atoms with Crippen LogP contribution in [0.25, 0.3) is 0 Å². The minimum absolute atomic E-state index is 0.0365. The van der Waals surface area contributed by atoms with Gasteiger partial charge in [-0.3, -0.25) is 9.59 Å². The zero-order valence-electron chi connectivity index (χ0n) is 15.5. The van der Waals surface area contributed by atoms with Crippen molar-refractivity contribution >= 4 is 23.2 Å². The van der Waals surface area contributed by atoms with Gasteiger partial charge in [0.2, 0.25) is 5.91 Å². The molecule has 0 unspecified atom stereocenters. The highest BCUT2D eigenvalue weighted by Crippen LogP contribution is 2.23. The lowest BCUT2D eigenvalue weighted by molar-refractivity contribution is -0.136. The number of hydrogen-bond donors (Lipinski definition) is 0. The Balaban J connectivity index is 1.54. The fourth-order valence-corrected chi connectivity index (χ4v) is 4.05. The van der Waals surface area contributed by atoms with Gasteiger partial charge in [0.05, 0.1) is 12.0 Å². The monoisotopic (exact) mass is 390 g/mol. The SMILES string of the molecule is COc1ccc(CN(C)C(=O)C2CCN(C(=O)c3cccs3)CC2)cc1F. The lowest BCUT2D eigenvalue weighted by atomic mass is 9.95. The Labute approximate surface area is 162 Å². The zero-order valence-corrected chi connectivity index (χ0v) is 16.3. The number of hydrogen-bond acceptors (Lipinski definition) is 4. The third kappa shape index (κ3) is 4.47. The maximum atomic E-state index is 13.8. The van der Waals surface area contributed by atoms with Crippen LogP contribution in [0.15, 0.2) is 35.7 Å². The number of nitrogens with zero attached hydrogens (tertiary/aromatic N) is 2. The lowest BCUT2D eigenvalue weighted by Crippen LogP contribution is -2.43. The van der Waals surface area contributed by atoms with Crippen molar-refractivity contribution in [2.24, 2.45) is 5.92 Å². The molecule has 3 rings (SSSR count). The van der Waals surface area contributed by atoms with Crippen LogP contribution in [0.5, 0.6) is 5.75 Å². The van der Waals surface area contributed by atoms with Gasteiger partial charge in [0.1, 0.15) is 0 Å². The summed E-state index contributed by atoms with van der Waals surface area (Å²) in [5.74, 6) is -0.273. The summed E-state index contributed by atoms with van der Waals surface area (Å²) in [5, 5.41) is 1.89. The highest BCUT2D eigenvalue weighted by Gasteiger charge is 2.29. The largest absolute Gasteiger partial charge is 0.494 e. The maximum absolute atomic E-state index is 13.8. The number of methoxy groups -OCH3 is 1. The molecule has 1 saturated heterocycles. The number of ether oxygens (including phenoxy) is 1. The number of likely N-dealkylation sites (tertiary alicyclic amines) is 1. The third-order valence-electron chi connectivity index (χ3n) is 4.88. The van der Waals surface area contributed by atoms with Gasteiger partial charge in [-0.2, -0.15) is 0 Å². The van der Waals surface area contributed by atoms with Gasteiger partial charge < -0.3 is 14.5 Å². The van der Waals surface area contributed by atoms with Crippen molar-refractivity contribution in [3.8, 4) is 5.75 Å². The van der Waals surface area contributed by atoms with Gasteiger partial charge in [0.25, 0.3) is 5.91 Å². The molecule has 1 aromatic carbocycles. The molecule has 0 atom stereocenters. The topological polar surface area (TPSA) is 49.9 Å². The Kier molecular flexibility index (Phi) is 6.11. The number of rotatable bonds is 5. The minimum Gasteiger partial charge on any atom is -0.494 e. The van der Waals surface area contributed by atoms with E-state index in [2.05, 4.69) is 0 Å². The van der Waals surface area contributed by atoms with Gasteiger partial charge in [-0.25, -0.2) is 4.39 Å². The molecule has 1 fully saturated rings. The molecule has 1 aliphatic rings. The van der Waals surface area contributed by atoms with E-state index in [1.165, 1.54) is 24.5 Å². The number of amides is 2. The van der Waals surface area contributed by atoms with Crippen molar-refractivity contribution in [2.75, 3.05) is 27.2 Å². The fraction of sp³-hybridized carbons (Fsp3) is 0.400. The summed E-state index contributed by atoms with van der Waals surface area (Å²) in [6.45, 7) is 1.50. The summed E-state index contributed by atoms with van der Waals surface area (Å²) in [7, 11) is 3.15. The van der Waals surface area contributed by atoms with Crippen LogP contribution in [0.3, 0.4) is 0 Å². The molecule has 0 N–H and O–H groups in total. The molecule has 0 bridgehead atoms. The van der Waals surface area contributed by atoms with E-state index in [4.69, 9.17) is 4.74 Å². The van der Waals surface area contributed by atoms with E-state index >= 15 is 0 Å². The summed E-state index contributed by atoms with van der Waals surface area (Å²) in [4.78, 5) is 29.3. The number of halogens is 1. The minimum atomic E-state index is -0.434. The van der Waals surface area contributed by atoms with Crippen LogP contribution >= 0.6 is 11.3 Å². The Morgan fingerprint density at radius 2 is 2.04 bits per heavy atom. The van der Waals surface area contributed by atoms with Crippen LogP contribution in [0.2, 0.25) is 0 Å². The van der Waals surface area contributed by atoms with Crippen LogP contribution in [0.1, 0.15) is 28.1 Å². The van der Waals surface area contributed by atoms with Crippen LogP contribution < -0.4 is 4.74 Å². The molecule has 0 spiro atoms. The normalized spacial score (nSPS) is 14.9. The molecule has 0 radical (unpaired) electrons. The van der Waals surface area contributed by atoms with Crippen molar-refractivity contribution in [3.05, 3.63) is 52.0 Å². The highest BCUT2D eigenvalue weighted by molar-refractivity contribution is 7.12. The van der Waals surface area contributed by atoms with Crippen molar-refractivity contribution in [2.45, 2.75) is 19.4 Å². The second-order valence-electron chi connectivity index (χ2n) is 6.71. The number of benzene rings is 1. The molecular formula is C20H23FN2O3S. The van der Waals surface area contributed by atoms with E-state index in [1.54, 1.807) is 24.1 Å².